The number of rotatable bonds is 8. The van der Waals surface area contributed by atoms with Crippen LogP contribution in [0.3, 0.4) is 0 Å². The number of carbonyl (C=O) groups is 1. The van der Waals surface area contributed by atoms with Crippen LogP contribution < -0.4 is 0 Å². The number of nitrogens with zero attached hydrogens (tertiary/aromatic N) is 1. The van der Waals surface area contributed by atoms with E-state index in [4.69, 9.17) is 9.15 Å². The number of halogens is 3. The van der Waals surface area contributed by atoms with Crippen LogP contribution in [0.1, 0.15) is 26.0 Å². The number of furan rings is 1. The topological polar surface area (TPSA) is 42.7 Å². The van der Waals surface area contributed by atoms with E-state index in [0.717, 1.165) is 4.90 Å². The fraction of sp³-hybridized carbons (Fsp3) is 0.643. The second kappa shape index (κ2) is 8.07. The van der Waals surface area contributed by atoms with Gasteiger partial charge in [0, 0.05) is 6.61 Å². The molecule has 0 N–H and O–H groups in total. The molecule has 0 atom stereocenters. The van der Waals surface area contributed by atoms with E-state index in [-0.39, 0.29) is 19.6 Å². The van der Waals surface area contributed by atoms with E-state index in [1.165, 1.54) is 12.3 Å². The number of hydrogen-bond donors (Lipinski definition) is 0. The Labute approximate surface area is 121 Å². The monoisotopic (exact) mass is 307 g/mol. The SMILES string of the molecule is CC(C)COCCC(=O)N(Cc1ccco1)CC(F)(F)F. The summed E-state index contributed by atoms with van der Waals surface area (Å²) in [5.41, 5.74) is 0. The van der Waals surface area contributed by atoms with Crippen molar-refractivity contribution >= 4 is 5.91 Å². The van der Waals surface area contributed by atoms with E-state index >= 15 is 0 Å². The molecule has 0 aliphatic heterocycles. The van der Waals surface area contributed by atoms with E-state index in [2.05, 4.69) is 0 Å². The average Bonchev–Trinajstić information content (AvgIpc) is 2.84. The van der Waals surface area contributed by atoms with Gasteiger partial charge in [0.15, 0.2) is 0 Å². The molecule has 0 unspecified atom stereocenters. The molecule has 1 rings (SSSR count). The Morgan fingerprint density at radius 1 is 1.43 bits per heavy atom. The van der Waals surface area contributed by atoms with E-state index in [0.29, 0.717) is 18.3 Å². The third kappa shape index (κ3) is 7.75. The first-order chi connectivity index (χ1) is 9.78. The first kappa shape index (κ1) is 17.6. The Morgan fingerprint density at radius 3 is 2.67 bits per heavy atom. The van der Waals surface area contributed by atoms with E-state index in [9.17, 15) is 18.0 Å². The quantitative estimate of drug-likeness (QED) is 0.693. The highest BCUT2D eigenvalue weighted by Gasteiger charge is 2.33. The van der Waals surface area contributed by atoms with Crippen molar-refractivity contribution in [3.05, 3.63) is 24.2 Å². The number of amides is 1. The molecule has 0 aromatic carbocycles. The fourth-order valence-electron chi connectivity index (χ4n) is 1.68. The normalized spacial score (nSPS) is 11.9. The highest BCUT2D eigenvalue weighted by molar-refractivity contribution is 5.76. The maximum atomic E-state index is 12.5. The molecule has 1 heterocycles. The van der Waals surface area contributed by atoms with Gasteiger partial charge in [-0.15, -0.1) is 0 Å². The summed E-state index contributed by atoms with van der Waals surface area (Å²) in [4.78, 5) is 12.6. The van der Waals surface area contributed by atoms with Crippen LogP contribution >= 0.6 is 0 Å². The maximum absolute atomic E-state index is 12.5. The Balaban J connectivity index is 2.52. The highest BCUT2D eigenvalue weighted by atomic mass is 19.4. The Kier molecular flexibility index (Phi) is 6.74. The smallest absolute Gasteiger partial charge is 0.406 e. The number of carbonyl (C=O) groups excluding carboxylic acids is 1. The molecule has 7 heteroatoms. The molecule has 4 nitrogen and oxygen atoms in total. The van der Waals surface area contributed by atoms with E-state index in [1.807, 2.05) is 13.8 Å². The lowest BCUT2D eigenvalue weighted by atomic mass is 10.2. The van der Waals surface area contributed by atoms with Crippen molar-refractivity contribution in [2.75, 3.05) is 19.8 Å². The van der Waals surface area contributed by atoms with Gasteiger partial charge in [-0.1, -0.05) is 13.8 Å². The zero-order valence-electron chi connectivity index (χ0n) is 12.2. The summed E-state index contributed by atoms with van der Waals surface area (Å²) < 4.78 is 47.8. The lowest BCUT2D eigenvalue weighted by Gasteiger charge is -2.23. The summed E-state index contributed by atoms with van der Waals surface area (Å²) in [6.45, 7) is 3.00. The molecule has 0 saturated heterocycles. The van der Waals surface area contributed by atoms with Gasteiger partial charge in [0.1, 0.15) is 12.3 Å². The standard InChI is InChI=1S/C14H20F3NO3/c1-11(2)9-20-7-5-13(19)18(10-14(15,16)17)8-12-4-3-6-21-12/h3-4,6,11H,5,7-10H2,1-2H3. The second-order valence-corrected chi connectivity index (χ2v) is 5.16. The van der Waals surface area contributed by atoms with Gasteiger partial charge in [0.25, 0.3) is 0 Å². The summed E-state index contributed by atoms with van der Waals surface area (Å²) in [6, 6.07) is 3.10. The average molecular weight is 307 g/mol. The van der Waals surface area contributed by atoms with Gasteiger partial charge in [-0.3, -0.25) is 4.79 Å². The van der Waals surface area contributed by atoms with Gasteiger partial charge in [-0.2, -0.15) is 13.2 Å². The van der Waals surface area contributed by atoms with Crippen molar-refractivity contribution in [3.8, 4) is 0 Å². The molecule has 1 amide bonds. The molecule has 0 bridgehead atoms. The number of hydrogen-bond acceptors (Lipinski definition) is 3. The minimum Gasteiger partial charge on any atom is -0.467 e. The van der Waals surface area contributed by atoms with Crippen LogP contribution in [-0.4, -0.2) is 36.7 Å². The van der Waals surface area contributed by atoms with Gasteiger partial charge in [0.2, 0.25) is 5.91 Å². The number of alkyl halides is 3. The minimum absolute atomic E-state index is 0.0799. The molecular weight excluding hydrogens is 287 g/mol. The molecule has 0 spiro atoms. The Bertz CT molecular complexity index is 416. The van der Waals surface area contributed by atoms with Gasteiger partial charge in [-0.05, 0) is 18.1 Å². The highest BCUT2D eigenvalue weighted by Crippen LogP contribution is 2.19. The second-order valence-electron chi connectivity index (χ2n) is 5.16. The van der Waals surface area contributed by atoms with E-state index in [1.54, 1.807) is 6.07 Å². The first-order valence-corrected chi connectivity index (χ1v) is 6.72. The Hall–Kier alpha value is -1.50. The van der Waals surface area contributed by atoms with E-state index < -0.39 is 18.6 Å². The van der Waals surface area contributed by atoms with Crippen LogP contribution in [0, 0.1) is 5.92 Å². The van der Waals surface area contributed by atoms with Crippen LogP contribution in [0.15, 0.2) is 22.8 Å². The summed E-state index contributed by atoms with van der Waals surface area (Å²) in [7, 11) is 0. The summed E-state index contributed by atoms with van der Waals surface area (Å²) in [5, 5.41) is 0. The van der Waals surface area contributed by atoms with Gasteiger partial charge < -0.3 is 14.1 Å². The zero-order valence-corrected chi connectivity index (χ0v) is 12.2. The first-order valence-electron chi connectivity index (χ1n) is 6.72. The van der Waals surface area contributed by atoms with Crippen LogP contribution in [0.4, 0.5) is 13.2 Å². The fourth-order valence-corrected chi connectivity index (χ4v) is 1.68. The molecule has 0 saturated carbocycles. The summed E-state index contributed by atoms with van der Waals surface area (Å²) in [5.74, 6) is 0.0256. The van der Waals surface area contributed by atoms with Crippen molar-refractivity contribution in [1.29, 1.82) is 0 Å². The molecule has 1 aromatic heterocycles. The van der Waals surface area contributed by atoms with Crippen molar-refractivity contribution in [3.63, 3.8) is 0 Å². The molecule has 0 radical (unpaired) electrons. The minimum atomic E-state index is -4.44. The summed E-state index contributed by atoms with van der Waals surface area (Å²) in [6.07, 6.45) is -3.16. The van der Waals surface area contributed by atoms with Crippen molar-refractivity contribution < 1.29 is 27.1 Å². The van der Waals surface area contributed by atoms with Crippen LogP contribution in [-0.2, 0) is 16.1 Å². The Morgan fingerprint density at radius 2 is 2.14 bits per heavy atom. The van der Waals surface area contributed by atoms with Gasteiger partial charge >= 0.3 is 6.18 Å². The van der Waals surface area contributed by atoms with Crippen molar-refractivity contribution in [2.45, 2.75) is 33.0 Å². The van der Waals surface area contributed by atoms with Gasteiger partial charge in [-0.25, -0.2) is 0 Å². The van der Waals surface area contributed by atoms with Crippen molar-refractivity contribution in [2.24, 2.45) is 5.92 Å². The van der Waals surface area contributed by atoms with Crippen LogP contribution in [0.2, 0.25) is 0 Å². The lowest BCUT2D eigenvalue weighted by molar-refractivity contribution is -0.163. The van der Waals surface area contributed by atoms with Crippen LogP contribution in [0.25, 0.3) is 0 Å². The molecule has 21 heavy (non-hydrogen) atoms. The predicted molar refractivity (Wildman–Crippen MR) is 70.5 cm³/mol. The molecule has 0 fully saturated rings. The molecule has 1 aromatic rings. The maximum Gasteiger partial charge on any atom is 0.406 e. The predicted octanol–water partition coefficient (Wildman–Crippen LogP) is 3.23. The molecular formula is C14H20F3NO3. The van der Waals surface area contributed by atoms with Gasteiger partial charge in [0.05, 0.1) is 25.8 Å². The number of ether oxygens (including phenoxy) is 1. The zero-order chi connectivity index (χ0) is 15.9. The molecule has 120 valence electrons. The van der Waals surface area contributed by atoms with Crippen LogP contribution in [0.5, 0.6) is 0 Å². The molecule has 0 aliphatic rings. The third-order valence-electron chi connectivity index (χ3n) is 2.56. The largest absolute Gasteiger partial charge is 0.467 e. The van der Waals surface area contributed by atoms with Crippen molar-refractivity contribution in [1.82, 2.24) is 4.90 Å². The summed E-state index contributed by atoms with van der Waals surface area (Å²) >= 11 is 0. The third-order valence-corrected chi connectivity index (χ3v) is 2.56. The lowest BCUT2D eigenvalue weighted by Crippen LogP contribution is -2.38. The molecule has 0 aliphatic carbocycles.